The number of oxime groups is 1. The van der Waals surface area contributed by atoms with Gasteiger partial charge in [0, 0.05) is 5.69 Å². The third-order valence-electron chi connectivity index (χ3n) is 3.07. The average Bonchev–Trinajstić information content (AvgIpc) is 2.56. The lowest BCUT2D eigenvalue weighted by molar-refractivity contribution is -0.118. The third-order valence-corrected chi connectivity index (χ3v) is 3.07. The summed E-state index contributed by atoms with van der Waals surface area (Å²) in [6, 6.07) is 16.3. The molecule has 0 aromatic heterocycles. The molecule has 5 heteroatoms. The zero-order chi connectivity index (χ0) is 15.8. The zero-order valence-corrected chi connectivity index (χ0v) is 12.3. The number of hydrogen-bond donors (Lipinski definition) is 2. The molecule has 0 aliphatic heterocycles. The second-order valence-corrected chi connectivity index (χ2v) is 4.63. The minimum absolute atomic E-state index is 0.0665. The van der Waals surface area contributed by atoms with Crippen molar-refractivity contribution in [3.63, 3.8) is 0 Å². The van der Waals surface area contributed by atoms with Gasteiger partial charge in [0.25, 0.3) is 5.91 Å². The van der Waals surface area contributed by atoms with Crippen molar-refractivity contribution in [1.82, 2.24) is 0 Å². The Morgan fingerprint density at radius 1 is 1.14 bits per heavy atom. The van der Waals surface area contributed by atoms with E-state index in [-0.39, 0.29) is 12.5 Å². The summed E-state index contributed by atoms with van der Waals surface area (Å²) >= 11 is 0. The van der Waals surface area contributed by atoms with E-state index in [0.717, 1.165) is 11.3 Å². The predicted octanol–water partition coefficient (Wildman–Crippen LogP) is 3.29. The zero-order valence-electron chi connectivity index (χ0n) is 12.3. The molecule has 0 atom stereocenters. The van der Waals surface area contributed by atoms with Crippen molar-refractivity contribution in [1.29, 1.82) is 0 Å². The number of anilines is 1. The largest absolute Gasteiger partial charge is 0.484 e. The Labute approximate surface area is 129 Å². The SMILES string of the molecule is CC/C(=N\O)c1ccc(OCC(=O)Nc2ccccc2)cc1. The third kappa shape index (κ3) is 4.34. The van der Waals surface area contributed by atoms with Crippen LogP contribution in [0.4, 0.5) is 5.69 Å². The summed E-state index contributed by atoms with van der Waals surface area (Å²) in [5, 5.41) is 14.9. The Morgan fingerprint density at radius 3 is 2.41 bits per heavy atom. The van der Waals surface area contributed by atoms with E-state index >= 15 is 0 Å². The van der Waals surface area contributed by atoms with Crippen molar-refractivity contribution in [2.75, 3.05) is 11.9 Å². The minimum atomic E-state index is -0.221. The second kappa shape index (κ2) is 7.83. The molecule has 0 radical (unpaired) electrons. The summed E-state index contributed by atoms with van der Waals surface area (Å²) in [4.78, 5) is 11.8. The van der Waals surface area contributed by atoms with Crippen molar-refractivity contribution in [2.24, 2.45) is 5.16 Å². The van der Waals surface area contributed by atoms with E-state index in [1.165, 1.54) is 0 Å². The Kier molecular flexibility index (Phi) is 5.54. The van der Waals surface area contributed by atoms with Crippen LogP contribution in [-0.4, -0.2) is 23.4 Å². The van der Waals surface area contributed by atoms with Crippen molar-refractivity contribution in [2.45, 2.75) is 13.3 Å². The van der Waals surface area contributed by atoms with Crippen LogP contribution < -0.4 is 10.1 Å². The molecular formula is C17H18N2O3. The number of ether oxygens (including phenoxy) is 1. The molecule has 0 spiro atoms. The van der Waals surface area contributed by atoms with Crippen LogP contribution in [0.1, 0.15) is 18.9 Å². The summed E-state index contributed by atoms with van der Waals surface area (Å²) in [6.07, 6.45) is 0.635. The van der Waals surface area contributed by atoms with Gasteiger partial charge in [-0.1, -0.05) is 30.3 Å². The van der Waals surface area contributed by atoms with Gasteiger partial charge >= 0.3 is 0 Å². The molecule has 2 rings (SSSR count). The molecule has 5 nitrogen and oxygen atoms in total. The van der Waals surface area contributed by atoms with Crippen LogP contribution in [0.3, 0.4) is 0 Å². The van der Waals surface area contributed by atoms with Crippen LogP contribution in [0.15, 0.2) is 59.8 Å². The molecule has 2 N–H and O–H groups in total. The maximum absolute atomic E-state index is 11.8. The number of carbonyl (C=O) groups is 1. The van der Waals surface area contributed by atoms with Gasteiger partial charge < -0.3 is 15.3 Å². The molecule has 0 fully saturated rings. The van der Waals surface area contributed by atoms with Gasteiger partial charge in [0.2, 0.25) is 0 Å². The molecule has 114 valence electrons. The number of rotatable bonds is 6. The number of carbonyl (C=O) groups excluding carboxylic acids is 1. The Hall–Kier alpha value is -2.82. The molecular weight excluding hydrogens is 280 g/mol. The lowest BCUT2D eigenvalue weighted by Gasteiger charge is -2.08. The van der Waals surface area contributed by atoms with Gasteiger partial charge in [-0.2, -0.15) is 0 Å². The van der Waals surface area contributed by atoms with Crippen molar-refractivity contribution in [3.05, 3.63) is 60.2 Å². The van der Waals surface area contributed by atoms with Crippen LogP contribution in [-0.2, 0) is 4.79 Å². The van der Waals surface area contributed by atoms with E-state index in [2.05, 4.69) is 10.5 Å². The smallest absolute Gasteiger partial charge is 0.262 e. The fourth-order valence-corrected chi connectivity index (χ4v) is 1.94. The van der Waals surface area contributed by atoms with Crippen LogP contribution in [0, 0.1) is 0 Å². The van der Waals surface area contributed by atoms with Crippen LogP contribution >= 0.6 is 0 Å². The summed E-state index contributed by atoms with van der Waals surface area (Å²) < 4.78 is 5.43. The molecule has 1 amide bonds. The first-order valence-electron chi connectivity index (χ1n) is 7.02. The van der Waals surface area contributed by atoms with E-state index in [0.29, 0.717) is 17.9 Å². The Balaban J connectivity index is 1.88. The lowest BCUT2D eigenvalue weighted by Crippen LogP contribution is -2.20. The normalized spacial score (nSPS) is 11.0. The van der Waals surface area contributed by atoms with E-state index in [1.807, 2.05) is 37.3 Å². The maximum Gasteiger partial charge on any atom is 0.262 e. The minimum Gasteiger partial charge on any atom is -0.484 e. The molecule has 0 aliphatic carbocycles. The highest BCUT2D eigenvalue weighted by Gasteiger charge is 2.05. The summed E-state index contributed by atoms with van der Waals surface area (Å²) in [6.45, 7) is 1.84. The molecule has 22 heavy (non-hydrogen) atoms. The summed E-state index contributed by atoms with van der Waals surface area (Å²) in [7, 11) is 0. The van der Waals surface area contributed by atoms with E-state index in [4.69, 9.17) is 9.94 Å². The van der Waals surface area contributed by atoms with E-state index < -0.39 is 0 Å². The van der Waals surface area contributed by atoms with Gasteiger partial charge in [0.05, 0.1) is 5.71 Å². The lowest BCUT2D eigenvalue weighted by atomic mass is 10.1. The predicted molar refractivity (Wildman–Crippen MR) is 85.6 cm³/mol. The van der Waals surface area contributed by atoms with Gasteiger partial charge in [-0.15, -0.1) is 0 Å². The van der Waals surface area contributed by atoms with Crippen LogP contribution in [0.25, 0.3) is 0 Å². The quantitative estimate of drug-likeness (QED) is 0.488. The van der Waals surface area contributed by atoms with Crippen molar-refractivity contribution in [3.8, 4) is 5.75 Å². The van der Waals surface area contributed by atoms with E-state index in [9.17, 15) is 4.79 Å². The molecule has 0 bridgehead atoms. The summed E-state index contributed by atoms with van der Waals surface area (Å²) in [5.74, 6) is 0.363. The van der Waals surface area contributed by atoms with Crippen molar-refractivity contribution < 1.29 is 14.7 Å². The highest BCUT2D eigenvalue weighted by Crippen LogP contribution is 2.14. The van der Waals surface area contributed by atoms with Gasteiger partial charge in [-0.3, -0.25) is 4.79 Å². The molecule has 0 heterocycles. The van der Waals surface area contributed by atoms with Gasteiger partial charge in [-0.05, 0) is 48.4 Å². The molecule has 2 aromatic rings. The first kappa shape index (κ1) is 15.6. The number of benzene rings is 2. The highest BCUT2D eigenvalue weighted by atomic mass is 16.5. The fraction of sp³-hybridized carbons (Fsp3) is 0.176. The first-order chi connectivity index (χ1) is 10.7. The fourth-order valence-electron chi connectivity index (χ4n) is 1.94. The molecule has 0 saturated heterocycles. The average molecular weight is 298 g/mol. The number of amides is 1. The van der Waals surface area contributed by atoms with Gasteiger partial charge in [0.15, 0.2) is 6.61 Å². The van der Waals surface area contributed by atoms with Gasteiger partial charge in [-0.25, -0.2) is 0 Å². The Bertz CT molecular complexity index is 637. The number of para-hydroxylation sites is 1. The maximum atomic E-state index is 11.8. The standard InChI is InChI=1S/C17H18N2O3/c1-2-16(19-21)13-8-10-15(11-9-13)22-12-17(20)18-14-6-4-3-5-7-14/h3-11,21H,2,12H2,1H3,(H,18,20)/b19-16+. The van der Waals surface area contributed by atoms with Crippen LogP contribution in [0.5, 0.6) is 5.75 Å². The number of nitrogens with zero attached hydrogens (tertiary/aromatic N) is 1. The molecule has 2 aromatic carbocycles. The van der Waals surface area contributed by atoms with Gasteiger partial charge in [0.1, 0.15) is 5.75 Å². The molecule has 0 aliphatic rings. The molecule has 0 unspecified atom stereocenters. The second-order valence-electron chi connectivity index (χ2n) is 4.63. The first-order valence-corrected chi connectivity index (χ1v) is 7.02. The molecule has 0 saturated carbocycles. The topological polar surface area (TPSA) is 70.9 Å². The number of nitrogens with one attached hydrogen (secondary N) is 1. The Morgan fingerprint density at radius 2 is 1.82 bits per heavy atom. The number of hydrogen-bond acceptors (Lipinski definition) is 4. The van der Waals surface area contributed by atoms with Crippen LogP contribution in [0.2, 0.25) is 0 Å². The van der Waals surface area contributed by atoms with Crippen molar-refractivity contribution >= 4 is 17.3 Å². The monoisotopic (exact) mass is 298 g/mol. The summed E-state index contributed by atoms with van der Waals surface area (Å²) in [5.41, 5.74) is 2.16. The van der Waals surface area contributed by atoms with E-state index in [1.54, 1.807) is 24.3 Å². The highest BCUT2D eigenvalue weighted by molar-refractivity contribution is 6.00.